The summed E-state index contributed by atoms with van der Waals surface area (Å²) in [6.07, 6.45) is 3.14. The van der Waals surface area contributed by atoms with E-state index in [9.17, 15) is 9.90 Å². The van der Waals surface area contributed by atoms with E-state index in [0.717, 1.165) is 0 Å². The highest BCUT2D eigenvalue weighted by Crippen LogP contribution is 2.21. The summed E-state index contributed by atoms with van der Waals surface area (Å²) >= 11 is 0. The van der Waals surface area contributed by atoms with E-state index >= 15 is 0 Å². The highest BCUT2D eigenvalue weighted by Gasteiger charge is 2.29. The van der Waals surface area contributed by atoms with Gasteiger partial charge in [-0.3, -0.25) is 4.79 Å². The second-order valence-corrected chi connectivity index (χ2v) is 4.26. The van der Waals surface area contributed by atoms with Crippen molar-refractivity contribution in [3.05, 3.63) is 24.3 Å². The zero-order chi connectivity index (χ0) is 10.8. The van der Waals surface area contributed by atoms with Gasteiger partial charge in [-0.05, 0) is 5.41 Å². The van der Waals surface area contributed by atoms with E-state index in [-0.39, 0.29) is 5.78 Å². The zero-order valence-corrected chi connectivity index (χ0v) is 8.56. The molecule has 1 rings (SSSR count). The van der Waals surface area contributed by atoms with E-state index in [1.165, 1.54) is 18.7 Å². The molecular formula is C10H14N2O2. The average Bonchev–Trinajstić information content (AvgIpc) is 2.15. The van der Waals surface area contributed by atoms with E-state index in [2.05, 4.69) is 9.97 Å². The summed E-state index contributed by atoms with van der Waals surface area (Å²) in [6.45, 7) is 5.41. The first-order valence-corrected chi connectivity index (χ1v) is 4.40. The van der Waals surface area contributed by atoms with Gasteiger partial charge in [-0.2, -0.15) is 0 Å². The van der Waals surface area contributed by atoms with Crippen LogP contribution in [0.4, 0.5) is 0 Å². The van der Waals surface area contributed by atoms with Crippen LogP contribution in [0.5, 0.6) is 0 Å². The molecule has 0 radical (unpaired) electrons. The molecule has 76 valence electrons. The molecular weight excluding hydrogens is 180 g/mol. The predicted molar refractivity (Wildman–Crippen MR) is 51.8 cm³/mol. The largest absolute Gasteiger partial charge is 0.384 e. The lowest BCUT2D eigenvalue weighted by Crippen LogP contribution is -2.34. The van der Waals surface area contributed by atoms with Crippen molar-refractivity contribution in [3.8, 4) is 0 Å². The molecule has 0 aliphatic rings. The number of carbonyl (C=O) groups is 1. The summed E-state index contributed by atoms with van der Waals surface area (Å²) < 4.78 is 0. The van der Waals surface area contributed by atoms with Gasteiger partial charge in [0.05, 0.1) is 5.56 Å². The first kappa shape index (κ1) is 10.8. The average molecular weight is 194 g/mol. The maximum atomic E-state index is 11.7. The monoisotopic (exact) mass is 194 g/mol. The summed E-state index contributed by atoms with van der Waals surface area (Å²) in [5.74, 6) is -0.335. The van der Waals surface area contributed by atoms with Gasteiger partial charge in [0, 0.05) is 12.4 Å². The number of hydrogen-bond acceptors (Lipinski definition) is 4. The Bertz CT molecular complexity index is 317. The quantitative estimate of drug-likeness (QED) is 0.715. The SMILES string of the molecule is CC(C)(C)C(O)C(=O)c1cncnc1. The summed E-state index contributed by atoms with van der Waals surface area (Å²) in [6, 6.07) is 0. The Morgan fingerprint density at radius 3 is 2.29 bits per heavy atom. The molecule has 1 aromatic rings. The van der Waals surface area contributed by atoms with Crippen molar-refractivity contribution in [1.82, 2.24) is 9.97 Å². The fourth-order valence-corrected chi connectivity index (χ4v) is 0.977. The minimum atomic E-state index is -1.02. The predicted octanol–water partition coefficient (Wildman–Crippen LogP) is 1.07. The fraction of sp³-hybridized carbons (Fsp3) is 0.500. The van der Waals surface area contributed by atoms with Crippen molar-refractivity contribution in [2.45, 2.75) is 26.9 Å². The van der Waals surface area contributed by atoms with Crippen molar-refractivity contribution in [2.24, 2.45) is 5.41 Å². The second kappa shape index (κ2) is 3.84. The molecule has 0 bridgehead atoms. The Kier molecular flexibility index (Phi) is 2.96. The first-order valence-electron chi connectivity index (χ1n) is 4.40. The Morgan fingerprint density at radius 1 is 1.36 bits per heavy atom. The van der Waals surface area contributed by atoms with Gasteiger partial charge in [-0.15, -0.1) is 0 Å². The molecule has 0 spiro atoms. The Labute approximate surface area is 83.0 Å². The summed E-state index contributed by atoms with van der Waals surface area (Å²) in [5.41, 5.74) is -0.123. The van der Waals surface area contributed by atoms with E-state index in [1.807, 2.05) is 0 Å². The fourth-order valence-electron chi connectivity index (χ4n) is 0.977. The molecule has 0 aromatic carbocycles. The third-order valence-electron chi connectivity index (χ3n) is 1.91. The highest BCUT2D eigenvalue weighted by atomic mass is 16.3. The number of aliphatic hydroxyl groups is 1. The lowest BCUT2D eigenvalue weighted by Gasteiger charge is -2.24. The first-order chi connectivity index (χ1) is 6.43. The van der Waals surface area contributed by atoms with Gasteiger partial charge in [0.25, 0.3) is 0 Å². The molecule has 0 saturated carbocycles. The van der Waals surface area contributed by atoms with E-state index in [1.54, 1.807) is 20.8 Å². The second-order valence-electron chi connectivity index (χ2n) is 4.26. The van der Waals surface area contributed by atoms with Gasteiger partial charge in [-0.25, -0.2) is 9.97 Å². The number of hydrogen-bond donors (Lipinski definition) is 1. The number of aliphatic hydroxyl groups excluding tert-OH is 1. The Balaban J connectivity index is 2.87. The zero-order valence-electron chi connectivity index (χ0n) is 8.56. The summed E-state index contributed by atoms with van der Waals surface area (Å²) in [7, 11) is 0. The molecule has 4 heteroatoms. The topological polar surface area (TPSA) is 63.1 Å². The number of carbonyl (C=O) groups excluding carboxylic acids is 1. The lowest BCUT2D eigenvalue weighted by molar-refractivity contribution is 0.0442. The molecule has 1 unspecified atom stereocenters. The standard InChI is InChI=1S/C10H14N2O2/c1-10(2,3)9(14)8(13)7-4-11-6-12-5-7/h4-6,9,14H,1-3H3. The van der Waals surface area contributed by atoms with Gasteiger partial charge >= 0.3 is 0 Å². The van der Waals surface area contributed by atoms with Crippen LogP contribution in [0.15, 0.2) is 18.7 Å². The molecule has 14 heavy (non-hydrogen) atoms. The summed E-state index contributed by atoms with van der Waals surface area (Å²) in [4.78, 5) is 19.1. The van der Waals surface area contributed by atoms with Crippen LogP contribution in [0.25, 0.3) is 0 Å². The van der Waals surface area contributed by atoms with Crippen molar-refractivity contribution < 1.29 is 9.90 Å². The lowest BCUT2D eigenvalue weighted by atomic mass is 9.85. The number of Topliss-reactive ketones (excluding diaryl/α,β-unsaturated/α-hetero) is 1. The molecule has 1 N–H and O–H groups in total. The Hall–Kier alpha value is -1.29. The van der Waals surface area contributed by atoms with Crippen LogP contribution in [-0.4, -0.2) is 27.0 Å². The third-order valence-corrected chi connectivity index (χ3v) is 1.91. The number of aromatic nitrogens is 2. The van der Waals surface area contributed by atoms with Crippen LogP contribution >= 0.6 is 0 Å². The van der Waals surface area contributed by atoms with Gasteiger partial charge in [-0.1, -0.05) is 20.8 Å². The van der Waals surface area contributed by atoms with E-state index in [4.69, 9.17) is 0 Å². The maximum absolute atomic E-state index is 11.7. The molecule has 0 saturated heterocycles. The molecule has 1 atom stereocenters. The van der Waals surface area contributed by atoms with Gasteiger partial charge in [0.1, 0.15) is 12.4 Å². The maximum Gasteiger partial charge on any atom is 0.194 e. The molecule has 0 fully saturated rings. The number of ketones is 1. The van der Waals surface area contributed by atoms with Gasteiger partial charge in [0.2, 0.25) is 0 Å². The summed E-state index contributed by atoms with van der Waals surface area (Å²) in [5, 5.41) is 9.70. The normalized spacial score (nSPS) is 13.7. The van der Waals surface area contributed by atoms with Crippen molar-refractivity contribution >= 4 is 5.78 Å². The molecule has 1 heterocycles. The minimum Gasteiger partial charge on any atom is -0.384 e. The number of nitrogens with zero attached hydrogens (tertiary/aromatic N) is 2. The van der Waals surface area contributed by atoms with Crippen molar-refractivity contribution in [2.75, 3.05) is 0 Å². The highest BCUT2D eigenvalue weighted by molar-refractivity contribution is 5.99. The van der Waals surface area contributed by atoms with Crippen LogP contribution in [-0.2, 0) is 0 Å². The van der Waals surface area contributed by atoms with Crippen molar-refractivity contribution in [3.63, 3.8) is 0 Å². The van der Waals surface area contributed by atoms with Gasteiger partial charge < -0.3 is 5.11 Å². The molecule has 1 aromatic heterocycles. The van der Waals surface area contributed by atoms with E-state index in [0.29, 0.717) is 5.56 Å². The van der Waals surface area contributed by atoms with E-state index < -0.39 is 11.5 Å². The van der Waals surface area contributed by atoms with Crippen LogP contribution in [0.3, 0.4) is 0 Å². The molecule has 4 nitrogen and oxygen atoms in total. The van der Waals surface area contributed by atoms with Gasteiger partial charge in [0.15, 0.2) is 5.78 Å². The molecule has 0 aliphatic carbocycles. The van der Waals surface area contributed by atoms with Crippen LogP contribution < -0.4 is 0 Å². The number of rotatable bonds is 2. The minimum absolute atomic E-state index is 0.335. The van der Waals surface area contributed by atoms with Crippen LogP contribution in [0.2, 0.25) is 0 Å². The van der Waals surface area contributed by atoms with Crippen LogP contribution in [0, 0.1) is 5.41 Å². The van der Waals surface area contributed by atoms with Crippen molar-refractivity contribution in [1.29, 1.82) is 0 Å². The molecule has 0 aliphatic heterocycles. The third kappa shape index (κ3) is 2.35. The smallest absolute Gasteiger partial charge is 0.194 e. The van der Waals surface area contributed by atoms with Crippen LogP contribution in [0.1, 0.15) is 31.1 Å². The Morgan fingerprint density at radius 2 is 1.86 bits per heavy atom. The molecule has 0 amide bonds.